The van der Waals surface area contributed by atoms with Crippen LogP contribution in [0.3, 0.4) is 0 Å². The van der Waals surface area contributed by atoms with Crippen molar-refractivity contribution < 1.29 is 0 Å². The lowest BCUT2D eigenvalue weighted by Gasteiger charge is -2.10. The Morgan fingerprint density at radius 2 is 1.39 bits per heavy atom. The van der Waals surface area contributed by atoms with Crippen LogP contribution in [0.2, 0.25) is 0 Å². The fraction of sp³-hybridized carbons (Fsp3) is 0. The smallest absolute Gasteiger partial charge is 0.0808 e. The van der Waals surface area contributed by atoms with Gasteiger partial charge in [-0.25, -0.2) is 0 Å². The van der Waals surface area contributed by atoms with E-state index in [1.165, 1.54) is 0 Å². The summed E-state index contributed by atoms with van der Waals surface area (Å²) in [6, 6.07) is 11.6. The van der Waals surface area contributed by atoms with Gasteiger partial charge in [0.1, 0.15) is 0 Å². The summed E-state index contributed by atoms with van der Waals surface area (Å²) in [5.41, 5.74) is 26.6. The second kappa shape index (κ2) is 4.71. The van der Waals surface area contributed by atoms with Gasteiger partial charge in [0.25, 0.3) is 0 Å². The Morgan fingerprint density at radius 1 is 0.722 bits per heavy atom. The highest BCUT2D eigenvalue weighted by Gasteiger charge is 2.07. The second-order valence-corrected chi connectivity index (χ2v) is 4.04. The van der Waals surface area contributed by atoms with Gasteiger partial charge in [-0.05, 0) is 11.6 Å². The zero-order valence-electron chi connectivity index (χ0n) is 9.93. The van der Waals surface area contributed by atoms with Gasteiger partial charge in [-0.1, -0.05) is 42.5 Å². The van der Waals surface area contributed by atoms with Gasteiger partial charge in [0.15, 0.2) is 0 Å². The molecule has 0 aliphatic rings. The third-order valence-corrected chi connectivity index (χ3v) is 2.77. The maximum atomic E-state index is 5.90. The van der Waals surface area contributed by atoms with Gasteiger partial charge in [0, 0.05) is 5.56 Å². The zero-order chi connectivity index (χ0) is 13.1. The van der Waals surface area contributed by atoms with Gasteiger partial charge in [-0.15, -0.1) is 0 Å². The average molecular weight is 240 g/mol. The number of anilines is 4. The van der Waals surface area contributed by atoms with Crippen molar-refractivity contribution in [3.8, 4) is 0 Å². The normalized spacial score (nSPS) is 10.9. The molecule has 2 aromatic carbocycles. The molecule has 18 heavy (non-hydrogen) atoms. The lowest BCUT2D eigenvalue weighted by atomic mass is 10.1. The summed E-state index contributed by atoms with van der Waals surface area (Å²) in [7, 11) is 0. The van der Waals surface area contributed by atoms with Gasteiger partial charge in [0.2, 0.25) is 0 Å². The van der Waals surface area contributed by atoms with E-state index in [2.05, 4.69) is 0 Å². The number of rotatable bonds is 2. The van der Waals surface area contributed by atoms with Crippen LogP contribution in [0.25, 0.3) is 12.2 Å². The van der Waals surface area contributed by atoms with Crippen molar-refractivity contribution in [2.24, 2.45) is 0 Å². The van der Waals surface area contributed by atoms with Crippen LogP contribution in [0.5, 0.6) is 0 Å². The van der Waals surface area contributed by atoms with Crippen LogP contribution < -0.4 is 22.9 Å². The monoisotopic (exact) mass is 240 g/mol. The molecule has 0 spiro atoms. The van der Waals surface area contributed by atoms with E-state index in [0.29, 0.717) is 22.7 Å². The molecule has 0 heterocycles. The molecule has 2 aromatic rings. The van der Waals surface area contributed by atoms with Crippen molar-refractivity contribution in [1.29, 1.82) is 0 Å². The van der Waals surface area contributed by atoms with Gasteiger partial charge < -0.3 is 22.9 Å². The first-order chi connectivity index (χ1) is 8.59. The standard InChI is InChI=1S/C14H16N4/c15-11-8-10(12(16)14(18)13(11)17)7-6-9-4-2-1-3-5-9/h1-8H,15-18H2. The minimum Gasteiger partial charge on any atom is -0.397 e. The Labute approximate surface area is 106 Å². The molecule has 0 aliphatic heterocycles. The van der Waals surface area contributed by atoms with Crippen LogP contribution in [0.4, 0.5) is 22.7 Å². The SMILES string of the molecule is Nc1cc(C=Cc2ccccc2)c(N)c(N)c1N. The Morgan fingerprint density at radius 3 is 2.06 bits per heavy atom. The fourth-order valence-corrected chi connectivity index (χ4v) is 1.67. The Hall–Kier alpha value is -2.62. The Bertz CT molecular complexity index is 588. The fourth-order valence-electron chi connectivity index (χ4n) is 1.67. The summed E-state index contributed by atoms with van der Waals surface area (Å²) >= 11 is 0. The molecule has 8 N–H and O–H groups in total. The lowest BCUT2D eigenvalue weighted by molar-refractivity contribution is 1.60. The molecule has 2 rings (SSSR count). The lowest BCUT2D eigenvalue weighted by Crippen LogP contribution is -2.05. The molecule has 0 unspecified atom stereocenters. The minimum atomic E-state index is 0.336. The topological polar surface area (TPSA) is 104 Å². The highest BCUT2D eigenvalue weighted by molar-refractivity contribution is 5.93. The number of hydrogen-bond donors (Lipinski definition) is 4. The highest BCUT2D eigenvalue weighted by atomic mass is 14.8. The van der Waals surface area contributed by atoms with Crippen LogP contribution in [-0.4, -0.2) is 0 Å². The number of nitrogen functional groups attached to an aromatic ring is 4. The van der Waals surface area contributed by atoms with Gasteiger partial charge in [0.05, 0.1) is 22.7 Å². The predicted octanol–water partition coefficient (Wildman–Crippen LogP) is 2.19. The van der Waals surface area contributed by atoms with E-state index in [4.69, 9.17) is 22.9 Å². The molecule has 0 radical (unpaired) electrons. The molecule has 0 bridgehead atoms. The summed E-state index contributed by atoms with van der Waals surface area (Å²) < 4.78 is 0. The quantitative estimate of drug-likeness (QED) is 0.477. The van der Waals surface area contributed by atoms with Crippen molar-refractivity contribution >= 4 is 34.9 Å². The number of hydrogen-bond acceptors (Lipinski definition) is 4. The molecule has 0 saturated carbocycles. The Kier molecular flexibility index (Phi) is 3.10. The molecule has 0 fully saturated rings. The van der Waals surface area contributed by atoms with Gasteiger partial charge >= 0.3 is 0 Å². The largest absolute Gasteiger partial charge is 0.397 e. The Balaban J connectivity index is 2.39. The summed E-state index contributed by atoms with van der Waals surface area (Å²) in [6.07, 6.45) is 3.82. The first-order valence-electron chi connectivity index (χ1n) is 5.55. The molecule has 0 saturated heterocycles. The van der Waals surface area contributed by atoms with E-state index in [0.717, 1.165) is 11.1 Å². The third kappa shape index (κ3) is 2.22. The van der Waals surface area contributed by atoms with E-state index < -0.39 is 0 Å². The molecular weight excluding hydrogens is 224 g/mol. The van der Waals surface area contributed by atoms with Crippen LogP contribution in [0.15, 0.2) is 36.4 Å². The van der Waals surface area contributed by atoms with E-state index in [1.54, 1.807) is 6.07 Å². The van der Waals surface area contributed by atoms with Crippen molar-refractivity contribution in [1.82, 2.24) is 0 Å². The molecule has 0 aliphatic carbocycles. The van der Waals surface area contributed by atoms with Crippen LogP contribution in [0.1, 0.15) is 11.1 Å². The second-order valence-electron chi connectivity index (χ2n) is 4.04. The predicted molar refractivity (Wildman–Crippen MR) is 79.5 cm³/mol. The van der Waals surface area contributed by atoms with Crippen molar-refractivity contribution in [3.05, 3.63) is 47.5 Å². The maximum Gasteiger partial charge on any atom is 0.0808 e. The van der Waals surface area contributed by atoms with Gasteiger partial charge in [-0.3, -0.25) is 0 Å². The zero-order valence-corrected chi connectivity index (χ0v) is 9.93. The number of nitrogens with two attached hydrogens (primary N) is 4. The minimum absolute atomic E-state index is 0.336. The van der Waals surface area contributed by atoms with E-state index in [-0.39, 0.29) is 0 Å². The third-order valence-electron chi connectivity index (χ3n) is 2.77. The first-order valence-corrected chi connectivity index (χ1v) is 5.55. The first kappa shape index (κ1) is 11.9. The van der Waals surface area contributed by atoms with E-state index in [9.17, 15) is 0 Å². The molecule has 4 nitrogen and oxygen atoms in total. The molecule has 0 aromatic heterocycles. The molecular formula is C14H16N4. The van der Waals surface area contributed by atoms with Gasteiger partial charge in [-0.2, -0.15) is 0 Å². The van der Waals surface area contributed by atoms with E-state index in [1.807, 2.05) is 42.5 Å². The molecule has 4 heteroatoms. The van der Waals surface area contributed by atoms with Crippen molar-refractivity contribution in [3.63, 3.8) is 0 Å². The van der Waals surface area contributed by atoms with Crippen LogP contribution in [0, 0.1) is 0 Å². The number of benzene rings is 2. The van der Waals surface area contributed by atoms with Crippen molar-refractivity contribution in [2.75, 3.05) is 22.9 Å². The molecule has 0 atom stereocenters. The van der Waals surface area contributed by atoms with E-state index >= 15 is 0 Å². The summed E-state index contributed by atoms with van der Waals surface area (Å²) in [4.78, 5) is 0. The molecule has 0 amide bonds. The summed E-state index contributed by atoms with van der Waals surface area (Å²) in [5.74, 6) is 0. The summed E-state index contributed by atoms with van der Waals surface area (Å²) in [5, 5.41) is 0. The van der Waals surface area contributed by atoms with Crippen LogP contribution in [-0.2, 0) is 0 Å². The van der Waals surface area contributed by atoms with Crippen LogP contribution >= 0.6 is 0 Å². The molecule has 92 valence electrons. The summed E-state index contributed by atoms with van der Waals surface area (Å²) in [6.45, 7) is 0. The van der Waals surface area contributed by atoms with Crippen molar-refractivity contribution in [2.45, 2.75) is 0 Å². The maximum absolute atomic E-state index is 5.90. The average Bonchev–Trinajstić information content (AvgIpc) is 2.40. The highest BCUT2D eigenvalue weighted by Crippen LogP contribution is 2.32.